The molecule has 8 heteroatoms. The third-order valence-corrected chi connectivity index (χ3v) is 4.76. The molecule has 0 fully saturated rings. The molecule has 1 amide bonds. The van der Waals surface area contributed by atoms with E-state index in [9.17, 15) is 9.18 Å². The molecule has 0 radical (unpaired) electrons. The van der Waals surface area contributed by atoms with Crippen LogP contribution in [0.5, 0.6) is 0 Å². The minimum absolute atomic E-state index is 0.0395. The number of nitrogens with one attached hydrogen (secondary N) is 1. The number of rotatable bonds is 5. The van der Waals surface area contributed by atoms with E-state index in [0.29, 0.717) is 27.2 Å². The van der Waals surface area contributed by atoms with E-state index in [1.165, 1.54) is 24.0 Å². The van der Waals surface area contributed by atoms with Crippen molar-refractivity contribution < 1.29 is 9.18 Å². The molecule has 1 N–H and O–H groups in total. The van der Waals surface area contributed by atoms with E-state index in [-0.39, 0.29) is 16.5 Å². The van der Waals surface area contributed by atoms with Gasteiger partial charge < -0.3 is 5.32 Å². The molecule has 3 aromatic rings. The first-order chi connectivity index (χ1) is 12.5. The quantitative estimate of drug-likeness (QED) is 0.450. The summed E-state index contributed by atoms with van der Waals surface area (Å²) in [5.41, 5.74) is 1.09. The Labute approximate surface area is 163 Å². The molecule has 1 aromatic heterocycles. The van der Waals surface area contributed by atoms with Gasteiger partial charge in [-0.05, 0) is 29.8 Å². The fourth-order valence-electron chi connectivity index (χ4n) is 2.09. The van der Waals surface area contributed by atoms with E-state index in [2.05, 4.69) is 15.3 Å². The lowest BCUT2D eigenvalue weighted by Gasteiger charge is -2.08. The Morgan fingerprint density at radius 1 is 1.15 bits per heavy atom. The van der Waals surface area contributed by atoms with Gasteiger partial charge in [0.15, 0.2) is 10.9 Å². The number of hydrogen-bond acceptors (Lipinski definition) is 4. The van der Waals surface area contributed by atoms with Crippen molar-refractivity contribution in [2.45, 2.75) is 10.9 Å². The second-order valence-electron chi connectivity index (χ2n) is 5.19. The highest BCUT2D eigenvalue weighted by Gasteiger charge is 2.15. The zero-order valence-corrected chi connectivity index (χ0v) is 15.6. The van der Waals surface area contributed by atoms with Gasteiger partial charge in [0.05, 0.1) is 11.2 Å². The van der Waals surface area contributed by atoms with E-state index in [0.717, 1.165) is 0 Å². The lowest BCUT2D eigenvalue weighted by Crippen LogP contribution is -2.15. The monoisotopic (exact) mass is 407 g/mol. The molecule has 0 bridgehead atoms. The highest BCUT2D eigenvalue weighted by atomic mass is 35.5. The molecule has 26 heavy (non-hydrogen) atoms. The van der Waals surface area contributed by atoms with Gasteiger partial charge in [0, 0.05) is 16.5 Å². The number of carbonyl (C=O) groups is 1. The Morgan fingerprint density at radius 3 is 2.73 bits per heavy atom. The van der Waals surface area contributed by atoms with Crippen LogP contribution in [0.25, 0.3) is 0 Å². The van der Waals surface area contributed by atoms with Crippen LogP contribution >= 0.6 is 35.0 Å². The van der Waals surface area contributed by atoms with Crippen molar-refractivity contribution in [2.24, 2.45) is 0 Å². The Hall–Kier alpha value is -2.15. The first-order valence-electron chi connectivity index (χ1n) is 7.48. The Kier molecular flexibility index (Phi) is 6.08. The van der Waals surface area contributed by atoms with E-state index in [1.807, 2.05) is 0 Å². The summed E-state index contributed by atoms with van der Waals surface area (Å²) in [5.74, 6) is -0.441. The molecule has 0 aliphatic carbocycles. The molecule has 0 unspecified atom stereocenters. The van der Waals surface area contributed by atoms with Crippen molar-refractivity contribution in [1.29, 1.82) is 0 Å². The molecule has 132 valence electrons. The molecule has 0 aliphatic rings. The smallest absolute Gasteiger partial charge is 0.275 e. The summed E-state index contributed by atoms with van der Waals surface area (Å²) in [4.78, 5) is 20.7. The largest absolute Gasteiger partial charge is 0.321 e. The molecule has 3 rings (SSSR count). The van der Waals surface area contributed by atoms with Gasteiger partial charge in [0.25, 0.3) is 5.91 Å². The standard InChI is InChI=1S/C18H12Cl2FN3OS/c19-12-5-3-6-13(8-12)23-17(25)16-14(20)9-22-18(24-16)26-10-11-4-1-2-7-15(11)21/h1-9H,10H2,(H,23,25). The topological polar surface area (TPSA) is 54.9 Å². The van der Waals surface area contributed by atoms with E-state index in [4.69, 9.17) is 23.2 Å². The molecule has 4 nitrogen and oxygen atoms in total. The van der Waals surface area contributed by atoms with Gasteiger partial charge in [-0.3, -0.25) is 4.79 Å². The molecule has 0 aliphatic heterocycles. The molecular formula is C18H12Cl2FN3OS. The van der Waals surface area contributed by atoms with Crippen molar-refractivity contribution in [3.05, 3.63) is 81.8 Å². The number of hydrogen-bond donors (Lipinski definition) is 1. The second-order valence-corrected chi connectivity index (χ2v) is 6.98. The van der Waals surface area contributed by atoms with Gasteiger partial charge in [-0.25, -0.2) is 14.4 Å². The van der Waals surface area contributed by atoms with Crippen LogP contribution < -0.4 is 5.32 Å². The van der Waals surface area contributed by atoms with Crippen molar-refractivity contribution in [1.82, 2.24) is 9.97 Å². The lowest BCUT2D eigenvalue weighted by molar-refractivity contribution is 0.102. The minimum Gasteiger partial charge on any atom is -0.321 e. The Bertz CT molecular complexity index is 955. The van der Waals surface area contributed by atoms with E-state index >= 15 is 0 Å². The summed E-state index contributed by atoms with van der Waals surface area (Å²) in [6.07, 6.45) is 1.35. The fraction of sp³-hybridized carbons (Fsp3) is 0.0556. The zero-order valence-electron chi connectivity index (χ0n) is 13.2. The fourth-order valence-corrected chi connectivity index (χ4v) is 3.26. The summed E-state index contributed by atoms with van der Waals surface area (Å²) in [7, 11) is 0. The number of carbonyl (C=O) groups excluding carboxylic acids is 1. The van der Waals surface area contributed by atoms with Crippen molar-refractivity contribution in [2.75, 3.05) is 5.32 Å². The van der Waals surface area contributed by atoms with Crippen LogP contribution in [-0.4, -0.2) is 15.9 Å². The molecular weight excluding hydrogens is 396 g/mol. The van der Waals surface area contributed by atoms with Gasteiger partial charge in [0.1, 0.15) is 5.82 Å². The van der Waals surface area contributed by atoms with Crippen LogP contribution in [0, 0.1) is 5.82 Å². The van der Waals surface area contributed by atoms with Gasteiger partial charge >= 0.3 is 0 Å². The predicted octanol–water partition coefficient (Wildman–Crippen LogP) is 5.47. The first-order valence-corrected chi connectivity index (χ1v) is 9.23. The number of aromatic nitrogens is 2. The maximum Gasteiger partial charge on any atom is 0.275 e. The molecule has 2 aromatic carbocycles. The molecule has 0 saturated carbocycles. The molecule has 1 heterocycles. The summed E-state index contributed by atoms with van der Waals surface area (Å²) in [5, 5.41) is 3.63. The summed E-state index contributed by atoms with van der Waals surface area (Å²) in [6, 6.07) is 13.2. The Morgan fingerprint density at radius 2 is 1.96 bits per heavy atom. The number of benzene rings is 2. The average Bonchev–Trinajstić information content (AvgIpc) is 2.62. The van der Waals surface area contributed by atoms with Crippen LogP contribution in [0.2, 0.25) is 10.0 Å². The number of halogens is 3. The highest BCUT2D eigenvalue weighted by Crippen LogP contribution is 2.24. The predicted molar refractivity (Wildman–Crippen MR) is 102 cm³/mol. The van der Waals surface area contributed by atoms with Gasteiger partial charge in [0.2, 0.25) is 0 Å². The highest BCUT2D eigenvalue weighted by molar-refractivity contribution is 7.98. The first kappa shape index (κ1) is 18.6. The number of thioether (sulfide) groups is 1. The normalized spacial score (nSPS) is 10.6. The number of anilines is 1. The summed E-state index contributed by atoms with van der Waals surface area (Å²) < 4.78 is 13.7. The minimum atomic E-state index is -0.479. The number of amides is 1. The molecule has 0 atom stereocenters. The van der Waals surface area contributed by atoms with Crippen LogP contribution in [0.4, 0.5) is 10.1 Å². The maximum absolute atomic E-state index is 13.7. The third kappa shape index (κ3) is 4.72. The SMILES string of the molecule is O=C(Nc1cccc(Cl)c1)c1nc(SCc2ccccc2F)ncc1Cl. The molecule has 0 saturated heterocycles. The van der Waals surface area contributed by atoms with Gasteiger partial charge in [-0.2, -0.15) is 0 Å². The average molecular weight is 408 g/mol. The Balaban J connectivity index is 1.74. The molecule has 0 spiro atoms. The summed E-state index contributed by atoms with van der Waals surface area (Å²) >= 11 is 13.2. The van der Waals surface area contributed by atoms with Crippen molar-refractivity contribution in [3.8, 4) is 0 Å². The van der Waals surface area contributed by atoms with Crippen LogP contribution in [-0.2, 0) is 5.75 Å². The summed E-state index contributed by atoms with van der Waals surface area (Å²) in [6.45, 7) is 0. The third-order valence-electron chi connectivity index (χ3n) is 3.33. The van der Waals surface area contributed by atoms with E-state index in [1.54, 1.807) is 42.5 Å². The van der Waals surface area contributed by atoms with Crippen LogP contribution in [0.15, 0.2) is 59.9 Å². The van der Waals surface area contributed by atoms with Crippen LogP contribution in [0.3, 0.4) is 0 Å². The van der Waals surface area contributed by atoms with Crippen molar-refractivity contribution in [3.63, 3.8) is 0 Å². The zero-order chi connectivity index (χ0) is 18.5. The lowest BCUT2D eigenvalue weighted by atomic mass is 10.2. The van der Waals surface area contributed by atoms with Crippen molar-refractivity contribution >= 4 is 46.6 Å². The van der Waals surface area contributed by atoms with Gasteiger partial charge in [-0.1, -0.05) is 59.2 Å². The van der Waals surface area contributed by atoms with E-state index < -0.39 is 5.91 Å². The maximum atomic E-state index is 13.7. The number of nitrogens with zero attached hydrogens (tertiary/aromatic N) is 2. The second kappa shape index (κ2) is 8.49. The van der Waals surface area contributed by atoms with Crippen LogP contribution in [0.1, 0.15) is 16.1 Å². The van der Waals surface area contributed by atoms with Gasteiger partial charge in [-0.15, -0.1) is 0 Å².